The molecule has 0 aliphatic carbocycles. The summed E-state index contributed by atoms with van der Waals surface area (Å²) in [6.07, 6.45) is 11.2. The molecule has 3 aromatic rings. The van der Waals surface area contributed by atoms with Gasteiger partial charge in [0.2, 0.25) is 11.9 Å². The average Bonchev–Trinajstić information content (AvgIpc) is 3.39. The van der Waals surface area contributed by atoms with Crippen molar-refractivity contribution in [2.75, 3.05) is 11.9 Å². The number of likely N-dealkylation sites (tertiary alicyclic amines) is 1. The van der Waals surface area contributed by atoms with Gasteiger partial charge in [-0.1, -0.05) is 0 Å². The fraction of sp³-hybridized carbons (Fsp3) is 0.263. The molecule has 1 aliphatic heterocycles. The lowest BCUT2D eigenvalue weighted by molar-refractivity contribution is -0.129. The minimum atomic E-state index is -0.0231. The number of nitrogens with zero attached hydrogens (tertiary/aromatic N) is 4. The molecule has 7 nitrogen and oxygen atoms in total. The summed E-state index contributed by atoms with van der Waals surface area (Å²) >= 11 is 1.49. The summed E-state index contributed by atoms with van der Waals surface area (Å²) in [6.45, 7) is 0.730. The van der Waals surface area contributed by atoms with E-state index in [0.717, 1.165) is 36.6 Å². The van der Waals surface area contributed by atoms with Gasteiger partial charge in [-0.05, 0) is 43.5 Å². The number of anilines is 2. The van der Waals surface area contributed by atoms with Gasteiger partial charge in [-0.15, -0.1) is 11.3 Å². The van der Waals surface area contributed by atoms with Crippen molar-refractivity contribution >= 4 is 34.4 Å². The molecule has 1 N–H and O–H groups in total. The first-order valence-corrected chi connectivity index (χ1v) is 9.69. The van der Waals surface area contributed by atoms with Crippen molar-refractivity contribution in [1.82, 2.24) is 19.9 Å². The summed E-state index contributed by atoms with van der Waals surface area (Å²) in [4.78, 5) is 27.6. The normalized spacial score (nSPS) is 17.3. The van der Waals surface area contributed by atoms with Crippen LogP contribution in [0.5, 0.6) is 0 Å². The highest BCUT2D eigenvalue weighted by Crippen LogP contribution is 2.33. The van der Waals surface area contributed by atoms with E-state index in [9.17, 15) is 4.79 Å². The third kappa shape index (κ3) is 4.22. The van der Waals surface area contributed by atoms with E-state index < -0.39 is 0 Å². The molecule has 1 fully saturated rings. The summed E-state index contributed by atoms with van der Waals surface area (Å²) < 4.78 is 5.25. The standard InChI is InChI=1S/C19H19N5O2S/c25-17(8-7-14-5-3-12-26-14)24-11-2-1-6-16(24)15-13-27-19(22-15)23-18-20-9-4-10-21-18/h3-5,7-10,12-13,16H,1-2,6,11H2,(H,20,21,22,23)/b8-7+/t16-/m1/s1. The van der Waals surface area contributed by atoms with Gasteiger partial charge in [0.1, 0.15) is 5.76 Å². The van der Waals surface area contributed by atoms with Crippen molar-refractivity contribution in [2.45, 2.75) is 25.3 Å². The predicted molar refractivity (Wildman–Crippen MR) is 103 cm³/mol. The number of hydrogen-bond acceptors (Lipinski definition) is 7. The Morgan fingerprint density at radius 1 is 1.30 bits per heavy atom. The number of hydrogen-bond donors (Lipinski definition) is 1. The van der Waals surface area contributed by atoms with Crippen LogP contribution in [0.3, 0.4) is 0 Å². The Morgan fingerprint density at radius 2 is 2.19 bits per heavy atom. The van der Waals surface area contributed by atoms with Crippen molar-refractivity contribution in [3.8, 4) is 0 Å². The van der Waals surface area contributed by atoms with Crippen molar-refractivity contribution in [1.29, 1.82) is 0 Å². The third-order valence-corrected chi connectivity index (χ3v) is 5.14. The second-order valence-corrected chi connectivity index (χ2v) is 7.02. The van der Waals surface area contributed by atoms with Gasteiger partial charge in [-0.2, -0.15) is 0 Å². The maximum Gasteiger partial charge on any atom is 0.247 e. The van der Waals surface area contributed by atoms with Crippen LogP contribution in [-0.4, -0.2) is 32.3 Å². The quantitative estimate of drug-likeness (QED) is 0.672. The molecular weight excluding hydrogens is 362 g/mol. The van der Waals surface area contributed by atoms with E-state index in [0.29, 0.717) is 11.7 Å². The van der Waals surface area contributed by atoms with Crippen LogP contribution in [0, 0.1) is 0 Å². The minimum absolute atomic E-state index is 0.0176. The van der Waals surface area contributed by atoms with Crippen molar-refractivity contribution in [3.05, 3.63) is 59.8 Å². The first-order valence-electron chi connectivity index (χ1n) is 8.81. The van der Waals surface area contributed by atoms with Crippen LogP contribution in [-0.2, 0) is 4.79 Å². The maximum absolute atomic E-state index is 12.7. The van der Waals surface area contributed by atoms with Crippen LogP contribution in [0.4, 0.5) is 11.1 Å². The zero-order valence-corrected chi connectivity index (χ0v) is 15.4. The lowest BCUT2D eigenvalue weighted by Crippen LogP contribution is -2.37. The Bertz CT molecular complexity index is 907. The zero-order chi connectivity index (χ0) is 18.5. The van der Waals surface area contributed by atoms with Gasteiger partial charge >= 0.3 is 0 Å². The van der Waals surface area contributed by atoms with E-state index in [4.69, 9.17) is 4.42 Å². The number of rotatable bonds is 5. The summed E-state index contributed by atoms with van der Waals surface area (Å²) in [6, 6.07) is 5.37. The molecular formula is C19H19N5O2S. The third-order valence-electron chi connectivity index (χ3n) is 4.37. The lowest BCUT2D eigenvalue weighted by Gasteiger charge is -2.34. The number of thiazole rings is 1. The molecule has 0 radical (unpaired) electrons. The van der Waals surface area contributed by atoms with Gasteiger partial charge in [0.15, 0.2) is 5.13 Å². The number of carbonyl (C=O) groups excluding carboxylic acids is 1. The molecule has 0 spiro atoms. The zero-order valence-electron chi connectivity index (χ0n) is 14.6. The SMILES string of the molecule is O=C(/C=C/c1ccco1)N1CCCC[C@@H]1c1csc(Nc2ncccn2)n1. The van der Waals surface area contributed by atoms with E-state index in [1.54, 1.807) is 42.9 Å². The molecule has 0 aromatic carbocycles. The van der Waals surface area contributed by atoms with Gasteiger partial charge in [0, 0.05) is 30.4 Å². The van der Waals surface area contributed by atoms with E-state index in [1.165, 1.54) is 11.3 Å². The second kappa shape index (κ2) is 8.13. The Balaban J connectivity index is 1.48. The van der Waals surface area contributed by atoms with E-state index in [2.05, 4.69) is 20.3 Å². The molecule has 0 saturated carbocycles. The highest BCUT2D eigenvalue weighted by Gasteiger charge is 2.28. The van der Waals surface area contributed by atoms with Crippen molar-refractivity contribution < 1.29 is 9.21 Å². The van der Waals surface area contributed by atoms with E-state index >= 15 is 0 Å². The van der Waals surface area contributed by atoms with Crippen LogP contribution < -0.4 is 5.32 Å². The fourth-order valence-corrected chi connectivity index (χ4v) is 3.84. The van der Waals surface area contributed by atoms with E-state index in [1.807, 2.05) is 16.3 Å². The van der Waals surface area contributed by atoms with Crippen LogP contribution in [0.25, 0.3) is 6.08 Å². The highest BCUT2D eigenvalue weighted by atomic mass is 32.1. The van der Waals surface area contributed by atoms with Gasteiger partial charge < -0.3 is 14.6 Å². The van der Waals surface area contributed by atoms with Crippen LogP contribution in [0.1, 0.15) is 36.8 Å². The molecule has 1 atom stereocenters. The molecule has 8 heteroatoms. The molecule has 1 saturated heterocycles. The summed E-state index contributed by atoms with van der Waals surface area (Å²) in [5.41, 5.74) is 0.901. The Kier molecular flexibility index (Phi) is 5.24. The summed E-state index contributed by atoms with van der Waals surface area (Å²) in [5, 5.41) is 5.83. The number of furan rings is 1. The van der Waals surface area contributed by atoms with Gasteiger partial charge in [0.05, 0.1) is 18.0 Å². The molecule has 1 aliphatic rings. The highest BCUT2D eigenvalue weighted by molar-refractivity contribution is 7.13. The van der Waals surface area contributed by atoms with E-state index in [-0.39, 0.29) is 11.9 Å². The van der Waals surface area contributed by atoms with Crippen LogP contribution in [0.2, 0.25) is 0 Å². The molecule has 1 amide bonds. The summed E-state index contributed by atoms with van der Waals surface area (Å²) in [7, 11) is 0. The van der Waals surface area contributed by atoms with Gasteiger partial charge in [-0.25, -0.2) is 15.0 Å². The molecule has 3 aromatic heterocycles. The maximum atomic E-state index is 12.7. The average molecular weight is 381 g/mol. The molecule has 0 bridgehead atoms. The first kappa shape index (κ1) is 17.4. The summed E-state index contributed by atoms with van der Waals surface area (Å²) in [5.74, 6) is 1.15. The van der Waals surface area contributed by atoms with Crippen LogP contribution in [0.15, 0.2) is 52.7 Å². The molecule has 4 heterocycles. The topological polar surface area (TPSA) is 84.2 Å². The number of carbonyl (C=O) groups is 1. The first-order chi connectivity index (χ1) is 13.3. The number of nitrogens with one attached hydrogen (secondary N) is 1. The second-order valence-electron chi connectivity index (χ2n) is 6.17. The number of aromatic nitrogens is 3. The molecule has 27 heavy (non-hydrogen) atoms. The molecule has 4 rings (SSSR count). The van der Waals surface area contributed by atoms with Gasteiger partial charge in [-0.3, -0.25) is 4.79 Å². The fourth-order valence-electron chi connectivity index (χ4n) is 3.09. The smallest absolute Gasteiger partial charge is 0.247 e. The Morgan fingerprint density at radius 3 is 3.00 bits per heavy atom. The monoisotopic (exact) mass is 381 g/mol. The van der Waals surface area contributed by atoms with Crippen LogP contribution >= 0.6 is 11.3 Å². The largest absolute Gasteiger partial charge is 0.465 e. The predicted octanol–water partition coefficient (Wildman–Crippen LogP) is 4.04. The Hall–Kier alpha value is -3.00. The van der Waals surface area contributed by atoms with Crippen molar-refractivity contribution in [2.24, 2.45) is 0 Å². The number of piperidine rings is 1. The molecule has 138 valence electrons. The van der Waals surface area contributed by atoms with Crippen molar-refractivity contribution in [3.63, 3.8) is 0 Å². The minimum Gasteiger partial charge on any atom is -0.465 e. The molecule has 0 unspecified atom stereocenters. The Labute approximate surface area is 160 Å². The van der Waals surface area contributed by atoms with Gasteiger partial charge in [0.25, 0.3) is 0 Å². The lowest BCUT2D eigenvalue weighted by atomic mass is 10.00. The number of amides is 1.